The van der Waals surface area contributed by atoms with Gasteiger partial charge in [0.2, 0.25) is 0 Å². The summed E-state index contributed by atoms with van der Waals surface area (Å²) >= 11 is 5.22. The molecular formula is C15H12F3NS. The van der Waals surface area contributed by atoms with Crippen molar-refractivity contribution in [1.82, 2.24) is 0 Å². The SMILES string of the molecule is Cc1ccc(C(=S)Nc2ccc(C(F)(F)F)cc2)cc1. The van der Waals surface area contributed by atoms with Gasteiger partial charge in [-0.25, -0.2) is 0 Å². The Hall–Kier alpha value is -1.88. The Balaban J connectivity index is 2.10. The molecule has 2 aromatic carbocycles. The lowest BCUT2D eigenvalue weighted by molar-refractivity contribution is -0.137. The van der Waals surface area contributed by atoms with E-state index in [9.17, 15) is 13.2 Å². The minimum Gasteiger partial charge on any atom is -0.346 e. The van der Waals surface area contributed by atoms with Gasteiger partial charge in [0.15, 0.2) is 0 Å². The second-order valence-electron chi connectivity index (χ2n) is 4.40. The van der Waals surface area contributed by atoms with E-state index in [2.05, 4.69) is 5.32 Å². The molecule has 20 heavy (non-hydrogen) atoms. The Kier molecular flexibility index (Phi) is 4.09. The third-order valence-corrected chi connectivity index (χ3v) is 3.12. The van der Waals surface area contributed by atoms with E-state index in [-0.39, 0.29) is 0 Å². The summed E-state index contributed by atoms with van der Waals surface area (Å²) in [6, 6.07) is 12.4. The highest BCUT2D eigenvalue weighted by atomic mass is 32.1. The van der Waals surface area contributed by atoms with Gasteiger partial charge in [0, 0.05) is 11.3 Å². The van der Waals surface area contributed by atoms with Crippen LogP contribution >= 0.6 is 12.2 Å². The fraction of sp³-hybridized carbons (Fsp3) is 0.133. The molecule has 0 fully saturated rings. The lowest BCUT2D eigenvalue weighted by Crippen LogP contribution is -2.11. The van der Waals surface area contributed by atoms with E-state index >= 15 is 0 Å². The Morgan fingerprint density at radius 1 is 0.950 bits per heavy atom. The molecule has 0 aliphatic carbocycles. The second-order valence-corrected chi connectivity index (χ2v) is 4.80. The topological polar surface area (TPSA) is 12.0 Å². The van der Waals surface area contributed by atoms with E-state index in [4.69, 9.17) is 12.2 Å². The molecule has 0 spiro atoms. The lowest BCUT2D eigenvalue weighted by Gasteiger charge is -2.10. The summed E-state index contributed by atoms with van der Waals surface area (Å²) in [5.74, 6) is 0. The second kappa shape index (κ2) is 5.63. The average molecular weight is 295 g/mol. The largest absolute Gasteiger partial charge is 0.416 e. The number of nitrogens with one attached hydrogen (secondary N) is 1. The fourth-order valence-electron chi connectivity index (χ4n) is 1.65. The number of anilines is 1. The minimum atomic E-state index is -4.32. The summed E-state index contributed by atoms with van der Waals surface area (Å²) in [6.07, 6.45) is -4.32. The summed E-state index contributed by atoms with van der Waals surface area (Å²) in [7, 11) is 0. The van der Waals surface area contributed by atoms with Crippen molar-refractivity contribution in [1.29, 1.82) is 0 Å². The van der Waals surface area contributed by atoms with Gasteiger partial charge < -0.3 is 5.32 Å². The van der Waals surface area contributed by atoms with Gasteiger partial charge in [0.05, 0.1) is 5.56 Å². The molecule has 1 nitrogen and oxygen atoms in total. The first-order valence-electron chi connectivity index (χ1n) is 5.91. The molecule has 0 aliphatic heterocycles. The van der Waals surface area contributed by atoms with Crippen molar-refractivity contribution >= 4 is 22.9 Å². The zero-order valence-corrected chi connectivity index (χ0v) is 11.5. The van der Waals surface area contributed by atoms with Crippen LogP contribution in [0.25, 0.3) is 0 Å². The van der Waals surface area contributed by atoms with Gasteiger partial charge in [-0.05, 0) is 31.2 Å². The normalized spacial score (nSPS) is 11.2. The molecule has 2 rings (SSSR count). The van der Waals surface area contributed by atoms with Crippen LogP contribution in [0.2, 0.25) is 0 Å². The van der Waals surface area contributed by atoms with Crippen molar-refractivity contribution < 1.29 is 13.2 Å². The number of hydrogen-bond donors (Lipinski definition) is 1. The van der Waals surface area contributed by atoms with Gasteiger partial charge >= 0.3 is 6.18 Å². The predicted molar refractivity (Wildman–Crippen MR) is 77.9 cm³/mol. The Labute approximate surface area is 120 Å². The molecule has 0 heterocycles. The molecule has 104 valence electrons. The molecule has 0 bridgehead atoms. The van der Waals surface area contributed by atoms with Crippen LogP contribution in [0.4, 0.5) is 18.9 Å². The Morgan fingerprint density at radius 2 is 1.50 bits per heavy atom. The maximum absolute atomic E-state index is 12.4. The van der Waals surface area contributed by atoms with Crippen LogP contribution in [-0.2, 0) is 6.18 Å². The van der Waals surface area contributed by atoms with Gasteiger partial charge in [0.1, 0.15) is 4.99 Å². The number of rotatable bonds is 2. The van der Waals surface area contributed by atoms with E-state index in [1.54, 1.807) is 0 Å². The third-order valence-electron chi connectivity index (χ3n) is 2.78. The van der Waals surface area contributed by atoms with Crippen molar-refractivity contribution in [2.24, 2.45) is 0 Å². The molecule has 5 heteroatoms. The van der Waals surface area contributed by atoms with Gasteiger partial charge in [0.25, 0.3) is 0 Å². The molecule has 0 saturated heterocycles. The van der Waals surface area contributed by atoms with Gasteiger partial charge in [-0.2, -0.15) is 13.2 Å². The summed E-state index contributed by atoms with van der Waals surface area (Å²) in [6.45, 7) is 1.97. The van der Waals surface area contributed by atoms with Crippen molar-refractivity contribution in [2.75, 3.05) is 5.32 Å². The predicted octanol–water partition coefficient (Wildman–Crippen LogP) is 4.80. The molecule has 0 radical (unpaired) electrons. The summed E-state index contributed by atoms with van der Waals surface area (Å²) in [5, 5.41) is 2.92. The van der Waals surface area contributed by atoms with Gasteiger partial charge in [-0.15, -0.1) is 0 Å². The monoisotopic (exact) mass is 295 g/mol. The first kappa shape index (κ1) is 14.5. The zero-order chi connectivity index (χ0) is 14.8. The number of thiocarbonyl (C=S) groups is 1. The van der Waals surface area contributed by atoms with E-state index in [0.29, 0.717) is 10.7 Å². The van der Waals surface area contributed by atoms with Crippen molar-refractivity contribution in [3.63, 3.8) is 0 Å². The molecular weight excluding hydrogens is 283 g/mol. The van der Waals surface area contributed by atoms with E-state index in [1.807, 2.05) is 31.2 Å². The molecule has 0 unspecified atom stereocenters. The standard InChI is InChI=1S/C15H12F3NS/c1-10-2-4-11(5-3-10)14(20)19-13-8-6-12(7-9-13)15(16,17)18/h2-9H,1H3,(H,19,20). The zero-order valence-electron chi connectivity index (χ0n) is 10.7. The highest BCUT2D eigenvalue weighted by Gasteiger charge is 2.29. The molecule has 2 aromatic rings. The maximum Gasteiger partial charge on any atom is 0.416 e. The van der Waals surface area contributed by atoms with Gasteiger partial charge in [-0.3, -0.25) is 0 Å². The summed E-state index contributed by atoms with van der Waals surface area (Å²) < 4.78 is 37.3. The first-order chi connectivity index (χ1) is 9.36. The van der Waals surface area contributed by atoms with E-state index in [0.717, 1.165) is 23.3 Å². The summed E-state index contributed by atoms with van der Waals surface area (Å²) in [5.41, 5.74) is 1.80. The Bertz CT molecular complexity index is 601. The molecule has 0 atom stereocenters. The van der Waals surface area contributed by atoms with Crippen molar-refractivity contribution in [2.45, 2.75) is 13.1 Å². The molecule has 1 N–H and O–H groups in total. The van der Waals surface area contributed by atoms with Crippen LogP contribution in [0.15, 0.2) is 48.5 Å². The van der Waals surface area contributed by atoms with Crippen LogP contribution in [0, 0.1) is 6.92 Å². The highest BCUT2D eigenvalue weighted by Crippen LogP contribution is 2.29. The number of aryl methyl sites for hydroxylation is 1. The first-order valence-corrected chi connectivity index (χ1v) is 6.32. The highest BCUT2D eigenvalue weighted by molar-refractivity contribution is 7.81. The van der Waals surface area contributed by atoms with Crippen LogP contribution in [-0.4, -0.2) is 4.99 Å². The van der Waals surface area contributed by atoms with Crippen LogP contribution in [0.3, 0.4) is 0 Å². The number of halogens is 3. The summed E-state index contributed by atoms with van der Waals surface area (Å²) in [4.78, 5) is 0.477. The fourth-order valence-corrected chi connectivity index (χ4v) is 1.90. The Morgan fingerprint density at radius 3 is 2.00 bits per heavy atom. The maximum atomic E-state index is 12.4. The lowest BCUT2D eigenvalue weighted by atomic mass is 10.1. The molecule has 0 saturated carbocycles. The van der Waals surface area contributed by atoms with Crippen LogP contribution < -0.4 is 5.32 Å². The number of benzene rings is 2. The number of hydrogen-bond acceptors (Lipinski definition) is 1. The number of alkyl halides is 3. The molecule has 0 amide bonds. The molecule has 0 aliphatic rings. The van der Waals surface area contributed by atoms with Crippen LogP contribution in [0.1, 0.15) is 16.7 Å². The molecule has 0 aromatic heterocycles. The van der Waals surface area contributed by atoms with Crippen LogP contribution in [0.5, 0.6) is 0 Å². The minimum absolute atomic E-state index is 0.477. The average Bonchev–Trinajstić information content (AvgIpc) is 2.39. The van der Waals surface area contributed by atoms with Crippen molar-refractivity contribution in [3.8, 4) is 0 Å². The third kappa shape index (κ3) is 3.57. The van der Waals surface area contributed by atoms with E-state index < -0.39 is 11.7 Å². The van der Waals surface area contributed by atoms with Crippen molar-refractivity contribution in [3.05, 3.63) is 65.2 Å². The van der Waals surface area contributed by atoms with E-state index in [1.165, 1.54) is 12.1 Å². The van der Waals surface area contributed by atoms with Gasteiger partial charge in [-0.1, -0.05) is 42.0 Å². The quantitative estimate of drug-likeness (QED) is 0.799. The smallest absolute Gasteiger partial charge is 0.346 e.